The molecule has 6 heteroatoms. The fourth-order valence-electron chi connectivity index (χ4n) is 1.91. The zero-order chi connectivity index (χ0) is 14.4. The number of carbonyl (C=O) groups is 2. The summed E-state index contributed by atoms with van der Waals surface area (Å²) in [6.07, 6.45) is 0.891. The molecule has 1 aromatic rings. The van der Waals surface area contributed by atoms with Gasteiger partial charge in [-0.05, 0) is 24.5 Å². The number of H-pyrrole nitrogens is 1. The van der Waals surface area contributed by atoms with E-state index in [4.69, 9.17) is 12.2 Å². The molecule has 0 saturated heterocycles. The monoisotopic (exact) mass is 283 g/mol. The molecule has 5 nitrogen and oxygen atoms in total. The Hall–Kier alpha value is -1.69. The van der Waals surface area contributed by atoms with E-state index in [1.165, 1.54) is 19.6 Å². The highest BCUT2D eigenvalue weighted by Gasteiger charge is 2.17. The molecule has 0 aliphatic rings. The number of ether oxygens (including phenoxy) is 2. The molecule has 1 aromatic heterocycles. The maximum atomic E-state index is 11.4. The number of methoxy groups -OCH3 is 2. The smallest absolute Gasteiger partial charge is 0.310 e. The molecule has 0 aliphatic heterocycles. The highest BCUT2D eigenvalue weighted by molar-refractivity contribution is 7.79. The van der Waals surface area contributed by atoms with Crippen molar-refractivity contribution in [1.29, 1.82) is 0 Å². The van der Waals surface area contributed by atoms with E-state index >= 15 is 0 Å². The van der Waals surface area contributed by atoms with Crippen molar-refractivity contribution in [3.05, 3.63) is 22.5 Å². The van der Waals surface area contributed by atoms with Crippen molar-refractivity contribution >= 4 is 29.5 Å². The second-order valence-electron chi connectivity index (χ2n) is 4.07. The van der Waals surface area contributed by atoms with Crippen LogP contribution in [0.4, 0.5) is 0 Å². The van der Waals surface area contributed by atoms with E-state index in [0.29, 0.717) is 6.42 Å². The second kappa shape index (κ2) is 7.04. The maximum Gasteiger partial charge on any atom is 0.310 e. The van der Waals surface area contributed by atoms with Crippen LogP contribution in [0.25, 0.3) is 0 Å². The van der Waals surface area contributed by atoms with Gasteiger partial charge in [-0.3, -0.25) is 9.59 Å². The van der Waals surface area contributed by atoms with Crippen LogP contribution in [-0.2, 0) is 31.9 Å². The first-order chi connectivity index (χ1) is 9.03. The van der Waals surface area contributed by atoms with Crippen molar-refractivity contribution in [2.24, 2.45) is 0 Å². The number of esters is 2. The Morgan fingerprint density at radius 2 is 1.84 bits per heavy atom. The van der Waals surface area contributed by atoms with E-state index in [-0.39, 0.29) is 24.8 Å². The summed E-state index contributed by atoms with van der Waals surface area (Å²) in [6, 6.07) is 0. The van der Waals surface area contributed by atoms with Crippen LogP contribution in [0, 0.1) is 6.92 Å². The van der Waals surface area contributed by atoms with Gasteiger partial charge in [-0.25, -0.2) is 0 Å². The Labute approximate surface area is 117 Å². The third kappa shape index (κ3) is 3.89. The minimum Gasteiger partial charge on any atom is -0.469 e. The SMILES string of the molecule is COC(=O)CCc1c(C=S)[nH]c(C)c1CC(=O)OC. The van der Waals surface area contributed by atoms with Crippen LogP contribution in [0.5, 0.6) is 0 Å². The first kappa shape index (κ1) is 15.4. The van der Waals surface area contributed by atoms with E-state index in [2.05, 4.69) is 14.5 Å². The molecule has 0 amide bonds. The number of hydrogen-bond acceptors (Lipinski definition) is 5. The molecule has 1 N–H and O–H groups in total. The van der Waals surface area contributed by atoms with Gasteiger partial charge in [0.25, 0.3) is 0 Å². The number of hydrogen-bond donors (Lipinski definition) is 1. The van der Waals surface area contributed by atoms with Crippen LogP contribution < -0.4 is 0 Å². The van der Waals surface area contributed by atoms with E-state index < -0.39 is 0 Å². The lowest BCUT2D eigenvalue weighted by Crippen LogP contribution is -2.09. The Morgan fingerprint density at radius 3 is 2.37 bits per heavy atom. The summed E-state index contributed by atoms with van der Waals surface area (Å²) in [5, 5.41) is 1.51. The largest absolute Gasteiger partial charge is 0.469 e. The predicted molar refractivity (Wildman–Crippen MR) is 74.3 cm³/mol. The molecule has 0 bridgehead atoms. The number of aromatic amines is 1. The number of aryl methyl sites for hydroxylation is 1. The Bertz CT molecular complexity index is 493. The van der Waals surface area contributed by atoms with Gasteiger partial charge in [-0.1, -0.05) is 12.2 Å². The summed E-state index contributed by atoms with van der Waals surface area (Å²) >= 11 is 4.94. The first-order valence-corrected chi connectivity index (χ1v) is 6.29. The number of carbonyl (C=O) groups excluding carboxylic acids is 2. The summed E-state index contributed by atoms with van der Waals surface area (Å²) < 4.78 is 9.29. The van der Waals surface area contributed by atoms with Crippen molar-refractivity contribution < 1.29 is 19.1 Å². The van der Waals surface area contributed by atoms with Gasteiger partial charge in [-0.2, -0.15) is 0 Å². The molecule has 1 heterocycles. The highest BCUT2D eigenvalue weighted by atomic mass is 32.1. The predicted octanol–water partition coefficient (Wildman–Crippen LogP) is 1.49. The van der Waals surface area contributed by atoms with Crippen molar-refractivity contribution in [3.63, 3.8) is 0 Å². The van der Waals surface area contributed by atoms with Crippen LogP contribution in [0.15, 0.2) is 0 Å². The molecule has 0 atom stereocenters. The fraction of sp³-hybridized carbons (Fsp3) is 0.462. The molecule has 19 heavy (non-hydrogen) atoms. The van der Waals surface area contributed by atoms with Crippen LogP contribution >= 0.6 is 12.2 Å². The Balaban J connectivity index is 3.00. The molecule has 0 unspecified atom stereocenters. The molecular weight excluding hydrogens is 266 g/mol. The van der Waals surface area contributed by atoms with Crippen molar-refractivity contribution in [2.45, 2.75) is 26.2 Å². The van der Waals surface area contributed by atoms with Crippen LogP contribution in [0.1, 0.15) is 28.9 Å². The zero-order valence-corrected chi connectivity index (χ0v) is 12.1. The molecule has 0 aromatic carbocycles. The molecular formula is C13H17NO4S. The summed E-state index contributed by atoms with van der Waals surface area (Å²) in [6.45, 7) is 1.86. The fourth-order valence-corrected chi connectivity index (χ4v) is 2.11. The zero-order valence-electron chi connectivity index (χ0n) is 11.2. The van der Waals surface area contributed by atoms with Gasteiger partial charge in [0.2, 0.25) is 0 Å². The topological polar surface area (TPSA) is 68.4 Å². The van der Waals surface area contributed by atoms with E-state index in [1.54, 1.807) is 0 Å². The van der Waals surface area contributed by atoms with Crippen LogP contribution in [0.2, 0.25) is 0 Å². The summed E-state index contributed by atoms with van der Waals surface area (Å²) in [7, 11) is 2.69. The average Bonchev–Trinajstić information content (AvgIpc) is 2.72. The average molecular weight is 283 g/mol. The van der Waals surface area contributed by atoms with E-state index in [9.17, 15) is 9.59 Å². The second-order valence-corrected chi connectivity index (χ2v) is 4.30. The molecule has 0 saturated carbocycles. The first-order valence-electron chi connectivity index (χ1n) is 5.82. The Kier molecular flexibility index (Phi) is 5.69. The standard InChI is InChI=1S/C13H17NO4S/c1-8-10(6-13(16)18-3)9(11(7-19)14-8)4-5-12(15)17-2/h7,14H,4-6H2,1-3H3. The lowest BCUT2D eigenvalue weighted by molar-refractivity contribution is -0.140. The van der Waals surface area contributed by atoms with Gasteiger partial charge in [0.05, 0.1) is 26.3 Å². The third-order valence-corrected chi connectivity index (χ3v) is 3.17. The van der Waals surface area contributed by atoms with E-state index in [1.807, 2.05) is 6.92 Å². The normalized spacial score (nSPS) is 10.1. The molecule has 1 rings (SSSR count). The van der Waals surface area contributed by atoms with E-state index in [0.717, 1.165) is 22.5 Å². The summed E-state index contributed by atoms with van der Waals surface area (Å²) in [5.74, 6) is -0.615. The minimum absolute atomic E-state index is 0.165. The molecule has 0 radical (unpaired) electrons. The van der Waals surface area contributed by atoms with Gasteiger partial charge in [-0.15, -0.1) is 0 Å². The van der Waals surface area contributed by atoms with Gasteiger partial charge in [0.15, 0.2) is 0 Å². The number of nitrogens with one attached hydrogen (secondary N) is 1. The molecule has 0 fully saturated rings. The van der Waals surface area contributed by atoms with Gasteiger partial charge < -0.3 is 14.5 Å². The van der Waals surface area contributed by atoms with Crippen molar-refractivity contribution in [3.8, 4) is 0 Å². The lowest BCUT2D eigenvalue weighted by Gasteiger charge is -2.05. The lowest BCUT2D eigenvalue weighted by atomic mass is 10.0. The molecule has 0 spiro atoms. The number of rotatable bonds is 6. The van der Waals surface area contributed by atoms with Crippen LogP contribution in [-0.4, -0.2) is 36.5 Å². The molecule has 0 aliphatic carbocycles. The third-order valence-electron chi connectivity index (χ3n) is 2.94. The van der Waals surface area contributed by atoms with Gasteiger partial charge in [0, 0.05) is 17.5 Å². The maximum absolute atomic E-state index is 11.4. The van der Waals surface area contributed by atoms with Crippen LogP contribution in [0.3, 0.4) is 0 Å². The summed E-state index contributed by atoms with van der Waals surface area (Å²) in [4.78, 5) is 25.7. The summed E-state index contributed by atoms with van der Waals surface area (Å²) in [5.41, 5.74) is 3.34. The quantitative estimate of drug-likeness (QED) is 0.633. The number of thiocarbonyl (C=S) groups is 1. The van der Waals surface area contributed by atoms with Crippen molar-refractivity contribution in [2.75, 3.05) is 14.2 Å². The minimum atomic E-state index is -0.322. The van der Waals surface area contributed by atoms with Gasteiger partial charge in [0.1, 0.15) is 0 Å². The van der Waals surface area contributed by atoms with Crippen molar-refractivity contribution in [1.82, 2.24) is 4.98 Å². The number of aromatic nitrogens is 1. The van der Waals surface area contributed by atoms with Gasteiger partial charge >= 0.3 is 11.9 Å². The Morgan fingerprint density at radius 1 is 1.21 bits per heavy atom. The molecule has 104 valence electrons. The highest BCUT2D eigenvalue weighted by Crippen LogP contribution is 2.21.